The summed E-state index contributed by atoms with van der Waals surface area (Å²) in [4.78, 5) is 25.5. The highest BCUT2D eigenvalue weighted by Gasteiger charge is 2.32. The standard InChI is InChI=1S/C18H22N6O3.ClH/c1-12-3-2-4-14(16(12)24(26)27)18(25)22-8-5-13(6-9-22)17-21-20-15-11-19-7-10-23(15)17;/h2-4,13,19H,5-11H2,1H3;1H. The molecule has 2 aliphatic rings. The Balaban J connectivity index is 0.00000225. The number of nitrogens with one attached hydrogen (secondary N) is 1. The summed E-state index contributed by atoms with van der Waals surface area (Å²) < 4.78 is 2.18. The van der Waals surface area contributed by atoms with Crippen molar-refractivity contribution in [2.45, 2.75) is 38.8 Å². The second-order valence-electron chi connectivity index (χ2n) is 7.10. The minimum atomic E-state index is -0.466. The number of halogens is 1. The molecule has 0 radical (unpaired) electrons. The largest absolute Gasteiger partial charge is 0.338 e. The van der Waals surface area contributed by atoms with E-state index in [4.69, 9.17) is 0 Å². The van der Waals surface area contributed by atoms with Gasteiger partial charge < -0.3 is 14.8 Å². The third kappa shape index (κ3) is 3.59. The van der Waals surface area contributed by atoms with E-state index in [2.05, 4.69) is 20.1 Å². The Kier molecular flexibility index (Phi) is 5.95. The van der Waals surface area contributed by atoms with E-state index in [-0.39, 0.29) is 35.5 Å². The quantitative estimate of drug-likeness (QED) is 0.617. The van der Waals surface area contributed by atoms with Gasteiger partial charge in [-0.3, -0.25) is 14.9 Å². The number of carbonyl (C=O) groups excluding carboxylic acids is 1. The summed E-state index contributed by atoms with van der Waals surface area (Å²) >= 11 is 0. The lowest BCUT2D eigenvalue weighted by atomic mass is 9.95. The first-order chi connectivity index (χ1) is 13.1. The lowest BCUT2D eigenvalue weighted by Gasteiger charge is -2.32. The molecule has 1 saturated heterocycles. The normalized spacial score (nSPS) is 17.0. The number of benzene rings is 1. The Morgan fingerprint density at radius 2 is 2.00 bits per heavy atom. The van der Waals surface area contributed by atoms with Crippen molar-refractivity contribution in [2.75, 3.05) is 19.6 Å². The Labute approximate surface area is 168 Å². The molecule has 4 rings (SSSR count). The van der Waals surface area contributed by atoms with Crippen LogP contribution in [-0.2, 0) is 13.1 Å². The van der Waals surface area contributed by atoms with E-state index in [1.807, 2.05) is 0 Å². The fourth-order valence-electron chi connectivity index (χ4n) is 4.00. The predicted molar refractivity (Wildman–Crippen MR) is 105 cm³/mol. The van der Waals surface area contributed by atoms with Crippen molar-refractivity contribution < 1.29 is 9.72 Å². The number of carbonyl (C=O) groups is 1. The predicted octanol–water partition coefficient (Wildman–Crippen LogP) is 2.04. The molecule has 10 heteroatoms. The van der Waals surface area contributed by atoms with E-state index in [0.717, 1.165) is 44.1 Å². The van der Waals surface area contributed by atoms with Crippen molar-refractivity contribution in [3.8, 4) is 0 Å². The molecule has 0 atom stereocenters. The summed E-state index contributed by atoms with van der Waals surface area (Å²) in [6.07, 6.45) is 1.58. The third-order valence-electron chi connectivity index (χ3n) is 5.45. The number of likely N-dealkylation sites (tertiary alicyclic amines) is 1. The van der Waals surface area contributed by atoms with Crippen molar-refractivity contribution in [2.24, 2.45) is 0 Å². The zero-order valence-corrected chi connectivity index (χ0v) is 16.4. The van der Waals surface area contributed by atoms with Crippen molar-refractivity contribution in [3.05, 3.63) is 51.1 Å². The van der Waals surface area contributed by atoms with Crippen LogP contribution in [-0.4, -0.2) is 50.1 Å². The third-order valence-corrected chi connectivity index (χ3v) is 5.45. The van der Waals surface area contributed by atoms with Crippen LogP contribution in [0, 0.1) is 17.0 Å². The minimum absolute atomic E-state index is 0. The number of nitrogens with zero attached hydrogens (tertiary/aromatic N) is 5. The molecule has 2 aliphatic heterocycles. The second-order valence-corrected chi connectivity index (χ2v) is 7.10. The molecular weight excluding hydrogens is 384 g/mol. The smallest absolute Gasteiger partial charge is 0.285 e. The van der Waals surface area contributed by atoms with Crippen LogP contribution in [0.5, 0.6) is 0 Å². The van der Waals surface area contributed by atoms with Gasteiger partial charge in [-0.1, -0.05) is 12.1 Å². The molecule has 0 unspecified atom stereocenters. The molecule has 28 heavy (non-hydrogen) atoms. The van der Waals surface area contributed by atoms with Crippen LogP contribution in [0.3, 0.4) is 0 Å². The van der Waals surface area contributed by atoms with Crippen molar-refractivity contribution in [1.82, 2.24) is 25.0 Å². The molecule has 0 bridgehead atoms. The van der Waals surface area contributed by atoms with E-state index >= 15 is 0 Å². The molecule has 150 valence electrons. The molecule has 3 heterocycles. The number of fused-ring (bicyclic) bond motifs is 1. The zero-order valence-electron chi connectivity index (χ0n) is 15.6. The van der Waals surface area contributed by atoms with Gasteiger partial charge in [-0.05, 0) is 25.8 Å². The van der Waals surface area contributed by atoms with Gasteiger partial charge in [0.25, 0.3) is 11.6 Å². The molecule has 1 aromatic heterocycles. The Bertz CT molecular complexity index is 891. The van der Waals surface area contributed by atoms with Gasteiger partial charge in [0.15, 0.2) is 0 Å². The van der Waals surface area contributed by atoms with Gasteiger partial charge in [0.05, 0.1) is 11.5 Å². The number of piperidine rings is 1. The van der Waals surface area contributed by atoms with Crippen molar-refractivity contribution in [3.63, 3.8) is 0 Å². The van der Waals surface area contributed by atoms with E-state index in [1.165, 1.54) is 0 Å². The molecule has 1 N–H and O–H groups in total. The number of amides is 1. The first-order valence-corrected chi connectivity index (χ1v) is 9.22. The summed E-state index contributed by atoms with van der Waals surface area (Å²) in [6.45, 7) is 5.30. The SMILES string of the molecule is Cc1cccc(C(=O)N2CCC(c3nnc4n3CCNC4)CC2)c1[N+](=O)[O-].Cl. The van der Waals surface area contributed by atoms with Gasteiger partial charge in [0.2, 0.25) is 0 Å². The van der Waals surface area contributed by atoms with Crippen molar-refractivity contribution in [1.29, 1.82) is 0 Å². The fraction of sp³-hybridized carbons (Fsp3) is 0.500. The van der Waals surface area contributed by atoms with Crippen LogP contribution < -0.4 is 5.32 Å². The number of nitro groups is 1. The average molecular weight is 407 g/mol. The van der Waals surface area contributed by atoms with Gasteiger partial charge in [-0.15, -0.1) is 22.6 Å². The molecule has 2 aromatic rings. The van der Waals surface area contributed by atoms with Gasteiger partial charge in [-0.2, -0.15) is 0 Å². The molecule has 0 saturated carbocycles. The summed E-state index contributed by atoms with van der Waals surface area (Å²) in [6, 6.07) is 4.89. The summed E-state index contributed by atoms with van der Waals surface area (Å²) in [7, 11) is 0. The topological polar surface area (TPSA) is 106 Å². The van der Waals surface area contributed by atoms with E-state index < -0.39 is 4.92 Å². The van der Waals surface area contributed by atoms with Gasteiger partial charge in [-0.25, -0.2) is 0 Å². The molecule has 0 aliphatic carbocycles. The average Bonchev–Trinajstić information content (AvgIpc) is 3.11. The summed E-state index contributed by atoms with van der Waals surface area (Å²) in [5, 5.41) is 23.3. The van der Waals surface area contributed by atoms with Crippen LogP contribution in [0.2, 0.25) is 0 Å². The molecule has 9 nitrogen and oxygen atoms in total. The molecular formula is C18H23ClN6O3. The van der Waals surface area contributed by atoms with Gasteiger partial charge >= 0.3 is 0 Å². The summed E-state index contributed by atoms with van der Waals surface area (Å²) in [5.41, 5.74) is 0.581. The van der Waals surface area contributed by atoms with Crippen LogP contribution in [0.25, 0.3) is 0 Å². The lowest BCUT2D eigenvalue weighted by molar-refractivity contribution is -0.385. The van der Waals surface area contributed by atoms with Crippen LogP contribution in [0.4, 0.5) is 5.69 Å². The van der Waals surface area contributed by atoms with Crippen LogP contribution >= 0.6 is 12.4 Å². The Morgan fingerprint density at radius 1 is 1.25 bits per heavy atom. The molecule has 1 fully saturated rings. The van der Waals surface area contributed by atoms with E-state index in [9.17, 15) is 14.9 Å². The first kappa shape index (κ1) is 20.2. The Morgan fingerprint density at radius 3 is 2.71 bits per heavy atom. The van der Waals surface area contributed by atoms with E-state index in [0.29, 0.717) is 18.7 Å². The van der Waals surface area contributed by atoms with Crippen molar-refractivity contribution >= 4 is 24.0 Å². The highest BCUT2D eigenvalue weighted by atomic mass is 35.5. The maximum atomic E-state index is 12.9. The molecule has 1 amide bonds. The zero-order chi connectivity index (χ0) is 19.0. The van der Waals surface area contributed by atoms with E-state index in [1.54, 1.807) is 30.0 Å². The van der Waals surface area contributed by atoms with Crippen LogP contribution in [0.1, 0.15) is 46.3 Å². The number of para-hydroxylation sites is 1. The monoisotopic (exact) mass is 406 g/mol. The fourth-order valence-corrected chi connectivity index (χ4v) is 4.00. The molecule has 0 spiro atoms. The maximum Gasteiger partial charge on any atom is 0.285 e. The summed E-state index contributed by atoms with van der Waals surface area (Å²) in [5.74, 6) is 1.96. The number of hydrogen-bond donors (Lipinski definition) is 1. The Hall–Kier alpha value is -2.52. The lowest BCUT2D eigenvalue weighted by Crippen LogP contribution is -2.39. The number of aryl methyl sites for hydroxylation is 1. The van der Waals surface area contributed by atoms with Gasteiger partial charge in [0, 0.05) is 37.7 Å². The number of aromatic nitrogens is 3. The highest BCUT2D eigenvalue weighted by Crippen LogP contribution is 2.30. The maximum absolute atomic E-state index is 12.9. The number of hydrogen-bond acceptors (Lipinski definition) is 6. The highest BCUT2D eigenvalue weighted by molar-refractivity contribution is 5.98. The van der Waals surface area contributed by atoms with Gasteiger partial charge in [0.1, 0.15) is 17.2 Å². The number of rotatable bonds is 3. The molecule has 1 aromatic carbocycles. The van der Waals surface area contributed by atoms with Crippen LogP contribution in [0.15, 0.2) is 18.2 Å². The second kappa shape index (κ2) is 8.24. The first-order valence-electron chi connectivity index (χ1n) is 9.22. The minimum Gasteiger partial charge on any atom is -0.338 e. The number of nitro benzene ring substituents is 1.